The molecule has 0 fully saturated rings. The van der Waals surface area contributed by atoms with Gasteiger partial charge in [0.2, 0.25) is 0 Å². The van der Waals surface area contributed by atoms with Crippen molar-refractivity contribution in [1.82, 2.24) is 15.1 Å². The van der Waals surface area contributed by atoms with Gasteiger partial charge in [0.1, 0.15) is 18.1 Å². The minimum atomic E-state index is -1.49. The molecule has 3 aromatic rings. The third kappa shape index (κ3) is 4.48. The predicted octanol–water partition coefficient (Wildman–Crippen LogP) is 3.59. The van der Waals surface area contributed by atoms with Crippen LogP contribution in [0.4, 0.5) is 14.5 Å². The van der Waals surface area contributed by atoms with Crippen molar-refractivity contribution in [3.63, 3.8) is 0 Å². The van der Waals surface area contributed by atoms with Crippen LogP contribution in [0.3, 0.4) is 0 Å². The lowest BCUT2D eigenvalue weighted by atomic mass is 10.1. The van der Waals surface area contributed by atoms with Crippen LogP contribution in [0.1, 0.15) is 18.9 Å². The van der Waals surface area contributed by atoms with Crippen LogP contribution in [0.2, 0.25) is 0 Å². The summed E-state index contributed by atoms with van der Waals surface area (Å²) < 4.78 is 28.4. The molecular formula is C21H26F2N4O. The molecule has 0 amide bonds. The van der Waals surface area contributed by atoms with Crippen LogP contribution in [0, 0.1) is 12.7 Å². The first-order chi connectivity index (χ1) is 13.5. The number of benzene rings is 2. The Hall–Kier alpha value is -2.51. The van der Waals surface area contributed by atoms with E-state index < -0.39 is 12.3 Å². The Balaban J connectivity index is 1.87. The molecule has 0 saturated carbocycles. The number of rotatable bonds is 9. The SMILES string of the molecule is CCCNCC(O)(CF)CNc1cc(C)cc2c1cnn2-c1ccc(F)cc1. The van der Waals surface area contributed by atoms with E-state index in [-0.39, 0.29) is 18.9 Å². The summed E-state index contributed by atoms with van der Waals surface area (Å²) in [4.78, 5) is 0. The number of hydrogen-bond acceptors (Lipinski definition) is 4. The summed E-state index contributed by atoms with van der Waals surface area (Å²) in [6, 6.07) is 10.0. The van der Waals surface area contributed by atoms with Gasteiger partial charge in [0, 0.05) is 24.2 Å². The second kappa shape index (κ2) is 8.67. The maximum absolute atomic E-state index is 13.4. The summed E-state index contributed by atoms with van der Waals surface area (Å²) in [6.07, 6.45) is 2.63. The highest BCUT2D eigenvalue weighted by Gasteiger charge is 2.26. The lowest BCUT2D eigenvalue weighted by molar-refractivity contribution is 0.0284. The number of fused-ring (bicyclic) bond motifs is 1. The average Bonchev–Trinajstić information content (AvgIpc) is 3.11. The van der Waals surface area contributed by atoms with E-state index in [4.69, 9.17) is 0 Å². The van der Waals surface area contributed by atoms with Crippen LogP contribution in [0.15, 0.2) is 42.6 Å². The van der Waals surface area contributed by atoms with Crippen LogP contribution in [0.25, 0.3) is 16.6 Å². The zero-order valence-electron chi connectivity index (χ0n) is 16.2. The quantitative estimate of drug-likeness (QED) is 0.490. The second-order valence-corrected chi connectivity index (χ2v) is 7.17. The highest BCUT2D eigenvalue weighted by molar-refractivity contribution is 5.93. The number of alkyl halides is 1. The first kappa shape index (κ1) is 20.2. The van der Waals surface area contributed by atoms with Crippen LogP contribution in [-0.2, 0) is 0 Å². The van der Waals surface area contributed by atoms with Gasteiger partial charge in [-0.25, -0.2) is 13.5 Å². The number of nitrogens with zero attached hydrogens (tertiary/aromatic N) is 2. The van der Waals surface area contributed by atoms with Crippen molar-refractivity contribution in [2.75, 3.05) is 31.6 Å². The number of nitrogens with one attached hydrogen (secondary N) is 2. The third-order valence-electron chi connectivity index (χ3n) is 4.64. The normalized spacial score (nSPS) is 13.6. The molecule has 0 saturated heterocycles. The van der Waals surface area contributed by atoms with E-state index in [2.05, 4.69) is 15.7 Å². The third-order valence-corrected chi connectivity index (χ3v) is 4.64. The largest absolute Gasteiger partial charge is 0.384 e. The van der Waals surface area contributed by atoms with Crippen molar-refractivity contribution >= 4 is 16.6 Å². The van der Waals surface area contributed by atoms with Crippen molar-refractivity contribution in [1.29, 1.82) is 0 Å². The zero-order valence-corrected chi connectivity index (χ0v) is 16.2. The fourth-order valence-corrected chi connectivity index (χ4v) is 3.12. The first-order valence-corrected chi connectivity index (χ1v) is 9.43. The van der Waals surface area contributed by atoms with E-state index in [1.165, 1.54) is 12.1 Å². The van der Waals surface area contributed by atoms with E-state index in [1.54, 1.807) is 23.0 Å². The Labute approximate surface area is 163 Å². The van der Waals surface area contributed by atoms with Gasteiger partial charge in [-0.3, -0.25) is 0 Å². The molecule has 28 heavy (non-hydrogen) atoms. The molecule has 2 aromatic carbocycles. The molecule has 1 unspecified atom stereocenters. The van der Waals surface area contributed by atoms with Gasteiger partial charge in [0.25, 0.3) is 0 Å². The number of anilines is 1. The molecule has 3 N–H and O–H groups in total. The van der Waals surface area contributed by atoms with E-state index >= 15 is 0 Å². The lowest BCUT2D eigenvalue weighted by Crippen LogP contribution is -2.48. The number of hydrogen-bond donors (Lipinski definition) is 3. The molecule has 0 radical (unpaired) electrons. The molecule has 3 rings (SSSR count). The highest BCUT2D eigenvalue weighted by Crippen LogP contribution is 2.28. The van der Waals surface area contributed by atoms with Gasteiger partial charge in [0.05, 0.1) is 17.4 Å². The van der Waals surface area contributed by atoms with Crippen LogP contribution in [-0.4, -0.2) is 46.8 Å². The summed E-state index contributed by atoms with van der Waals surface area (Å²) in [5, 5.41) is 22.0. The number of aromatic nitrogens is 2. The Morgan fingerprint density at radius 1 is 1.18 bits per heavy atom. The fraction of sp³-hybridized carbons (Fsp3) is 0.381. The molecule has 0 aliphatic carbocycles. The highest BCUT2D eigenvalue weighted by atomic mass is 19.1. The molecule has 7 heteroatoms. The Bertz CT molecular complexity index is 926. The number of halogens is 2. The summed E-state index contributed by atoms with van der Waals surface area (Å²) in [5.74, 6) is -0.305. The number of aryl methyl sites for hydroxylation is 1. The smallest absolute Gasteiger partial charge is 0.123 e. The second-order valence-electron chi connectivity index (χ2n) is 7.17. The predicted molar refractivity (Wildman–Crippen MR) is 108 cm³/mol. The van der Waals surface area contributed by atoms with Gasteiger partial charge in [-0.15, -0.1) is 0 Å². The van der Waals surface area contributed by atoms with Crippen LogP contribution < -0.4 is 10.6 Å². The Kier molecular flexibility index (Phi) is 6.26. The van der Waals surface area contributed by atoms with E-state index in [1.807, 2.05) is 26.0 Å². The van der Waals surface area contributed by atoms with Gasteiger partial charge in [-0.1, -0.05) is 6.92 Å². The van der Waals surface area contributed by atoms with Gasteiger partial charge < -0.3 is 15.7 Å². The molecule has 0 aliphatic rings. The van der Waals surface area contributed by atoms with Gasteiger partial charge >= 0.3 is 0 Å². The maximum Gasteiger partial charge on any atom is 0.123 e. The molecule has 5 nitrogen and oxygen atoms in total. The molecule has 1 atom stereocenters. The summed E-state index contributed by atoms with van der Waals surface area (Å²) in [5.41, 5.74) is 1.87. The molecule has 1 heterocycles. The molecule has 150 valence electrons. The molecule has 1 aromatic heterocycles. The first-order valence-electron chi connectivity index (χ1n) is 9.43. The fourth-order valence-electron chi connectivity index (χ4n) is 3.12. The topological polar surface area (TPSA) is 62.1 Å². The van der Waals surface area contributed by atoms with E-state index in [0.717, 1.165) is 40.8 Å². The van der Waals surface area contributed by atoms with Crippen molar-refractivity contribution in [3.8, 4) is 5.69 Å². The molecule has 0 aliphatic heterocycles. The monoisotopic (exact) mass is 388 g/mol. The Morgan fingerprint density at radius 3 is 2.61 bits per heavy atom. The van der Waals surface area contributed by atoms with E-state index in [9.17, 15) is 13.9 Å². The van der Waals surface area contributed by atoms with Gasteiger partial charge in [0.15, 0.2) is 0 Å². The molecular weight excluding hydrogens is 362 g/mol. The van der Waals surface area contributed by atoms with Crippen molar-refractivity contribution in [2.45, 2.75) is 25.9 Å². The molecule has 0 spiro atoms. The lowest BCUT2D eigenvalue weighted by Gasteiger charge is -2.26. The standard InChI is InChI=1S/C21H26F2N4O/c1-3-8-24-13-21(28,12-22)14-25-19-9-15(2)10-20-18(19)11-26-27(20)17-6-4-16(23)5-7-17/h4-7,9-11,24-25,28H,3,8,12-14H2,1-2H3. The summed E-state index contributed by atoms with van der Waals surface area (Å²) >= 11 is 0. The minimum absolute atomic E-state index is 0.0699. The van der Waals surface area contributed by atoms with E-state index in [0.29, 0.717) is 0 Å². The van der Waals surface area contributed by atoms with Crippen molar-refractivity contribution < 1.29 is 13.9 Å². The zero-order chi connectivity index (χ0) is 20.1. The van der Waals surface area contributed by atoms with Crippen LogP contribution in [0.5, 0.6) is 0 Å². The maximum atomic E-state index is 13.4. The summed E-state index contributed by atoms with van der Waals surface area (Å²) in [7, 11) is 0. The molecule has 0 bridgehead atoms. The van der Waals surface area contributed by atoms with Crippen LogP contribution >= 0.6 is 0 Å². The number of aliphatic hydroxyl groups is 1. The van der Waals surface area contributed by atoms with Gasteiger partial charge in [-0.05, 0) is 61.9 Å². The van der Waals surface area contributed by atoms with Crippen molar-refractivity contribution in [2.24, 2.45) is 0 Å². The Morgan fingerprint density at radius 2 is 1.93 bits per heavy atom. The average molecular weight is 388 g/mol. The van der Waals surface area contributed by atoms with Crippen molar-refractivity contribution in [3.05, 3.63) is 54.0 Å². The van der Waals surface area contributed by atoms with Gasteiger partial charge in [-0.2, -0.15) is 5.10 Å². The minimum Gasteiger partial charge on any atom is -0.384 e. The summed E-state index contributed by atoms with van der Waals surface area (Å²) in [6.45, 7) is 4.09.